The number of likely N-dealkylation sites (N-methyl/N-ethyl adjacent to an activating group) is 1. The van der Waals surface area contributed by atoms with Gasteiger partial charge in [0.1, 0.15) is 0 Å². The van der Waals surface area contributed by atoms with Crippen molar-refractivity contribution >= 4 is 36.7 Å². The quantitative estimate of drug-likeness (QED) is 0.349. The first-order valence-electron chi connectivity index (χ1n) is 4.47. The molecule has 16 heavy (non-hydrogen) atoms. The van der Waals surface area contributed by atoms with E-state index in [4.69, 9.17) is 17.2 Å². The van der Waals surface area contributed by atoms with Gasteiger partial charge in [0, 0.05) is 20.6 Å². The monoisotopic (exact) mass is 273 g/mol. The Morgan fingerprint density at radius 3 is 2.19 bits per heavy atom. The van der Waals surface area contributed by atoms with Crippen LogP contribution in [0.1, 0.15) is 12.8 Å². The van der Waals surface area contributed by atoms with Gasteiger partial charge in [0.25, 0.3) is 0 Å². The van der Waals surface area contributed by atoms with E-state index < -0.39 is 6.04 Å². The topological polar surface area (TPSA) is 111 Å². The summed E-state index contributed by atoms with van der Waals surface area (Å²) in [6.07, 6.45) is 1.30. The van der Waals surface area contributed by atoms with Gasteiger partial charge < -0.3 is 22.1 Å². The van der Waals surface area contributed by atoms with Crippen LogP contribution in [0.4, 0.5) is 0 Å². The number of aliphatic imine (C=N–C) groups is 1. The number of rotatable bonds is 5. The average Bonchev–Trinajstić information content (AvgIpc) is 2.10. The van der Waals surface area contributed by atoms with Gasteiger partial charge in [0.15, 0.2) is 5.96 Å². The highest BCUT2D eigenvalue weighted by Crippen LogP contribution is 1.97. The predicted molar refractivity (Wildman–Crippen MR) is 71.1 cm³/mol. The normalized spacial score (nSPS) is 10.4. The second kappa shape index (κ2) is 10.8. The number of carbonyl (C=O) groups excluding carboxylic acids is 1. The van der Waals surface area contributed by atoms with Gasteiger partial charge in [-0.1, -0.05) is 0 Å². The molecule has 1 atom stereocenters. The van der Waals surface area contributed by atoms with Crippen molar-refractivity contribution in [2.75, 3.05) is 20.6 Å². The zero-order valence-electron chi connectivity index (χ0n) is 9.55. The molecule has 0 fully saturated rings. The maximum absolute atomic E-state index is 11.3. The van der Waals surface area contributed by atoms with Crippen LogP contribution < -0.4 is 17.2 Å². The second-order valence-electron chi connectivity index (χ2n) is 3.29. The minimum absolute atomic E-state index is 0. The van der Waals surface area contributed by atoms with E-state index in [-0.39, 0.29) is 36.7 Å². The van der Waals surface area contributed by atoms with E-state index in [2.05, 4.69) is 4.99 Å². The lowest BCUT2D eigenvalue weighted by Gasteiger charge is -2.15. The van der Waals surface area contributed by atoms with Gasteiger partial charge in [-0.25, -0.2) is 0 Å². The van der Waals surface area contributed by atoms with Gasteiger partial charge in [-0.3, -0.25) is 9.79 Å². The fourth-order valence-electron chi connectivity index (χ4n) is 0.974. The van der Waals surface area contributed by atoms with Crippen LogP contribution in [0.5, 0.6) is 0 Å². The molecule has 98 valence electrons. The summed E-state index contributed by atoms with van der Waals surface area (Å²) in [4.78, 5) is 16.6. The molecule has 8 heteroatoms. The SMILES string of the molecule is CN(C)C(=O)[C@@H](N)CCCN=C(N)N.Cl.Cl. The lowest BCUT2D eigenvalue weighted by atomic mass is 10.1. The summed E-state index contributed by atoms with van der Waals surface area (Å²) in [5.74, 6) is -0.00722. The Morgan fingerprint density at radius 2 is 1.81 bits per heavy atom. The summed E-state index contributed by atoms with van der Waals surface area (Å²) in [7, 11) is 3.36. The zero-order chi connectivity index (χ0) is 11.1. The molecule has 0 radical (unpaired) electrons. The Labute approximate surface area is 108 Å². The molecule has 0 heterocycles. The van der Waals surface area contributed by atoms with Crippen molar-refractivity contribution in [2.45, 2.75) is 18.9 Å². The van der Waals surface area contributed by atoms with Crippen LogP contribution in [0.3, 0.4) is 0 Å². The maximum atomic E-state index is 11.3. The molecule has 0 saturated carbocycles. The molecule has 6 nitrogen and oxygen atoms in total. The van der Waals surface area contributed by atoms with E-state index in [1.807, 2.05) is 0 Å². The Morgan fingerprint density at radius 1 is 1.31 bits per heavy atom. The first-order valence-corrected chi connectivity index (χ1v) is 4.47. The van der Waals surface area contributed by atoms with Gasteiger partial charge in [0.05, 0.1) is 6.04 Å². The smallest absolute Gasteiger partial charge is 0.238 e. The summed E-state index contributed by atoms with van der Waals surface area (Å²) >= 11 is 0. The third-order valence-corrected chi connectivity index (χ3v) is 1.73. The number of guanidine groups is 1. The lowest BCUT2D eigenvalue weighted by molar-refractivity contribution is -0.130. The summed E-state index contributed by atoms with van der Waals surface area (Å²) in [5, 5.41) is 0. The van der Waals surface area contributed by atoms with Crippen LogP contribution in [0.25, 0.3) is 0 Å². The van der Waals surface area contributed by atoms with E-state index in [0.29, 0.717) is 19.4 Å². The zero-order valence-corrected chi connectivity index (χ0v) is 11.2. The third-order valence-electron chi connectivity index (χ3n) is 1.73. The number of hydrogen-bond acceptors (Lipinski definition) is 3. The van der Waals surface area contributed by atoms with Crippen LogP contribution in [0.15, 0.2) is 4.99 Å². The maximum Gasteiger partial charge on any atom is 0.238 e. The molecule has 0 unspecified atom stereocenters. The first-order chi connectivity index (χ1) is 6.45. The molecule has 0 saturated heterocycles. The summed E-state index contributed by atoms with van der Waals surface area (Å²) in [5.41, 5.74) is 15.9. The molecule has 0 aromatic carbocycles. The van der Waals surface area contributed by atoms with Crippen molar-refractivity contribution in [3.05, 3.63) is 0 Å². The Kier molecular flexibility index (Phi) is 13.9. The number of amides is 1. The number of halogens is 2. The van der Waals surface area contributed by atoms with Crippen molar-refractivity contribution in [2.24, 2.45) is 22.2 Å². The fourth-order valence-corrected chi connectivity index (χ4v) is 0.974. The summed E-state index contributed by atoms with van der Waals surface area (Å²) < 4.78 is 0. The van der Waals surface area contributed by atoms with Crippen LogP contribution in [-0.2, 0) is 4.79 Å². The molecule has 0 aliphatic carbocycles. The third kappa shape index (κ3) is 9.82. The fraction of sp³-hybridized carbons (Fsp3) is 0.750. The number of nitrogens with two attached hydrogens (primary N) is 3. The van der Waals surface area contributed by atoms with Crippen LogP contribution in [-0.4, -0.2) is 43.4 Å². The van der Waals surface area contributed by atoms with Crippen molar-refractivity contribution in [3.63, 3.8) is 0 Å². The van der Waals surface area contributed by atoms with Gasteiger partial charge in [-0.15, -0.1) is 24.8 Å². The predicted octanol–water partition coefficient (Wildman–Crippen LogP) is -0.701. The summed E-state index contributed by atoms with van der Waals surface area (Å²) in [6.45, 7) is 0.511. The first kappa shape index (κ1) is 20.7. The van der Waals surface area contributed by atoms with Crippen molar-refractivity contribution < 1.29 is 4.79 Å². The molecule has 0 spiro atoms. The molecule has 0 aromatic rings. The standard InChI is InChI=1S/C8H19N5O.2ClH/c1-13(2)7(14)6(9)4-3-5-12-8(10)11;;/h6H,3-5,9H2,1-2H3,(H4,10,11,12);2*1H/t6-;;/m0../s1. The minimum atomic E-state index is -0.459. The minimum Gasteiger partial charge on any atom is -0.370 e. The summed E-state index contributed by atoms with van der Waals surface area (Å²) in [6, 6.07) is -0.459. The molecule has 0 rings (SSSR count). The molecule has 0 aliphatic rings. The molecular weight excluding hydrogens is 253 g/mol. The molecule has 0 aromatic heterocycles. The van der Waals surface area contributed by atoms with Gasteiger partial charge >= 0.3 is 0 Å². The molecule has 0 aliphatic heterocycles. The van der Waals surface area contributed by atoms with Crippen molar-refractivity contribution in [1.82, 2.24) is 4.90 Å². The number of hydrogen-bond donors (Lipinski definition) is 3. The highest BCUT2D eigenvalue weighted by Gasteiger charge is 2.14. The van der Waals surface area contributed by atoms with E-state index >= 15 is 0 Å². The van der Waals surface area contributed by atoms with Crippen molar-refractivity contribution in [1.29, 1.82) is 0 Å². The lowest BCUT2D eigenvalue weighted by Crippen LogP contribution is -2.39. The van der Waals surface area contributed by atoms with Crippen LogP contribution in [0.2, 0.25) is 0 Å². The van der Waals surface area contributed by atoms with Gasteiger partial charge in [-0.2, -0.15) is 0 Å². The molecule has 6 N–H and O–H groups in total. The second-order valence-corrected chi connectivity index (χ2v) is 3.29. The Bertz CT molecular complexity index is 218. The van der Waals surface area contributed by atoms with Crippen LogP contribution in [0, 0.1) is 0 Å². The highest BCUT2D eigenvalue weighted by atomic mass is 35.5. The van der Waals surface area contributed by atoms with E-state index in [9.17, 15) is 4.79 Å². The van der Waals surface area contributed by atoms with Gasteiger partial charge in [-0.05, 0) is 12.8 Å². The van der Waals surface area contributed by atoms with E-state index in [1.54, 1.807) is 14.1 Å². The number of nitrogens with zero attached hydrogens (tertiary/aromatic N) is 2. The van der Waals surface area contributed by atoms with Crippen molar-refractivity contribution in [3.8, 4) is 0 Å². The molecular formula is C8H21Cl2N5O. The highest BCUT2D eigenvalue weighted by molar-refractivity contribution is 5.85. The largest absolute Gasteiger partial charge is 0.370 e. The van der Waals surface area contributed by atoms with Crippen LogP contribution >= 0.6 is 24.8 Å². The van der Waals surface area contributed by atoms with E-state index in [1.165, 1.54) is 4.90 Å². The van der Waals surface area contributed by atoms with Gasteiger partial charge in [0.2, 0.25) is 5.91 Å². The molecule has 1 amide bonds. The number of carbonyl (C=O) groups is 1. The Hall–Kier alpha value is -0.720. The molecule has 0 bridgehead atoms. The van der Waals surface area contributed by atoms with E-state index in [0.717, 1.165) is 0 Å². The average molecular weight is 274 g/mol. The Balaban J connectivity index is -0.000000845.